The van der Waals surface area contributed by atoms with E-state index in [4.69, 9.17) is 23.7 Å². The van der Waals surface area contributed by atoms with Crippen molar-refractivity contribution in [1.29, 1.82) is 0 Å². The van der Waals surface area contributed by atoms with Gasteiger partial charge in [-0.25, -0.2) is 0 Å². The van der Waals surface area contributed by atoms with Gasteiger partial charge in [0.05, 0.1) is 66.1 Å². The van der Waals surface area contributed by atoms with Crippen molar-refractivity contribution in [3.05, 3.63) is 0 Å². The van der Waals surface area contributed by atoms with Gasteiger partial charge in [-0.15, -0.1) is 0 Å². The summed E-state index contributed by atoms with van der Waals surface area (Å²) in [6.45, 7) is 6.21. The molecule has 0 spiro atoms. The van der Waals surface area contributed by atoms with Gasteiger partial charge < -0.3 is 33.9 Å². The third-order valence-corrected chi connectivity index (χ3v) is 3.21. The molecular weight excluding hydrogens is 280 g/mol. The van der Waals surface area contributed by atoms with Gasteiger partial charge in [-0.1, -0.05) is 0 Å². The zero-order valence-corrected chi connectivity index (χ0v) is 13.0. The molecule has 21 heavy (non-hydrogen) atoms. The third kappa shape index (κ3) is 7.51. The summed E-state index contributed by atoms with van der Waals surface area (Å²) in [7, 11) is 0. The van der Waals surface area contributed by atoms with Gasteiger partial charge in [0, 0.05) is 0 Å². The number of rotatable bonds is 2. The van der Waals surface area contributed by atoms with Crippen LogP contribution < -0.4 is 0 Å². The minimum Gasteiger partial charge on any atom is -0.393 e. The fourth-order valence-electron chi connectivity index (χ4n) is 1.76. The molecule has 0 radical (unpaired) electrons. The summed E-state index contributed by atoms with van der Waals surface area (Å²) in [4.78, 5) is 0. The summed E-state index contributed by atoms with van der Waals surface area (Å²) in [5.74, 6) is 0. The Balaban J connectivity index is 2.46. The normalized spacial score (nSPS) is 34.9. The van der Waals surface area contributed by atoms with Gasteiger partial charge in [-0.2, -0.15) is 0 Å². The SMILES string of the molecule is C[C@]1(CO)COCCOC[C@](C)(CO)OCCOCCO1. The number of ether oxygens (including phenoxy) is 5. The minimum atomic E-state index is -0.736. The lowest BCUT2D eigenvalue weighted by Crippen LogP contribution is -2.40. The molecule has 0 aromatic carbocycles. The van der Waals surface area contributed by atoms with Crippen LogP contribution in [0.2, 0.25) is 0 Å². The first-order valence-corrected chi connectivity index (χ1v) is 7.26. The maximum absolute atomic E-state index is 9.38. The first-order chi connectivity index (χ1) is 10.0. The average Bonchev–Trinajstić information content (AvgIpc) is 2.49. The maximum atomic E-state index is 9.38. The van der Waals surface area contributed by atoms with E-state index in [1.54, 1.807) is 13.8 Å². The Hall–Kier alpha value is -0.280. The molecule has 0 aliphatic carbocycles. The highest BCUT2D eigenvalue weighted by Gasteiger charge is 2.26. The number of hydrogen-bond donors (Lipinski definition) is 2. The molecule has 1 aliphatic heterocycles. The van der Waals surface area contributed by atoms with Crippen molar-refractivity contribution >= 4 is 0 Å². The highest BCUT2D eigenvalue weighted by Crippen LogP contribution is 2.12. The second-order valence-corrected chi connectivity index (χ2v) is 5.63. The Morgan fingerprint density at radius 3 is 1.43 bits per heavy atom. The molecule has 126 valence electrons. The van der Waals surface area contributed by atoms with E-state index < -0.39 is 11.2 Å². The van der Waals surface area contributed by atoms with Crippen molar-refractivity contribution in [3.63, 3.8) is 0 Å². The second-order valence-electron chi connectivity index (χ2n) is 5.63. The predicted octanol–water partition coefficient (Wildman–Crippen LogP) is -0.415. The van der Waals surface area contributed by atoms with Crippen LogP contribution in [-0.2, 0) is 23.7 Å². The van der Waals surface area contributed by atoms with Gasteiger partial charge in [0.2, 0.25) is 0 Å². The van der Waals surface area contributed by atoms with Gasteiger partial charge in [-0.3, -0.25) is 0 Å². The highest BCUT2D eigenvalue weighted by molar-refractivity contribution is 4.75. The molecule has 2 atom stereocenters. The van der Waals surface area contributed by atoms with E-state index in [9.17, 15) is 10.2 Å². The number of aliphatic hydroxyl groups is 2. The van der Waals surface area contributed by atoms with Crippen LogP contribution in [0, 0.1) is 0 Å². The van der Waals surface area contributed by atoms with Crippen LogP contribution in [0.1, 0.15) is 13.8 Å². The van der Waals surface area contributed by atoms with Gasteiger partial charge in [0.15, 0.2) is 0 Å². The average molecular weight is 308 g/mol. The Kier molecular flexibility index (Phi) is 8.65. The fraction of sp³-hybridized carbons (Fsp3) is 1.00. The van der Waals surface area contributed by atoms with E-state index >= 15 is 0 Å². The summed E-state index contributed by atoms with van der Waals surface area (Å²) in [5, 5.41) is 18.8. The predicted molar refractivity (Wildman–Crippen MR) is 75.3 cm³/mol. The smallest absolute Gasteiger partial charge is 0.112 e. The van der Waals surface area contributed by atoms with Crippen LogP contribution in [0.3, 0.4) is 0 Å². The van der Waals surface area contributed by atoms with Crippen LogP contribution in [0.5, 0.6) is 0 Å². The van der Waals surface area contributed by atoms with E-state index in [1.165, 1.54) is 0 Å². The number of hydrogen-bond acceptors (Lipinski definition) is 7. The molecule has 7 nitrogen and oxygen atoms in total. The van der Waals surface area contributed by atoms with Crippen molar-refractivity contribution < 1.29 is 33.9 Å². The number of aliphatic hydroxyl groups excluding tert-OH is 2. The van der Waals surface area contributed by atoms with E-state index in [0.717, 1.165) is 0 Å². The summed E-state index contributed by atoms with van der Waals surface area (Å²) >= 11 is 0. The molecule has 1 rings (SSSR count). The first-order valence-electron chi connectivity index (χ1n) is 7.26. The molecule has 2 N–H and O–H groups in total. The molecule has 0 amide bonds. The van der Waals surface area contributed by atoms with Crippen LogP contribution in [0.4, 0.5) is 0 Å². The van der Waals surface area contributed by atoms with Crippen LogP contribution >= 0.6 is 0 Å². The minimum absolute atomic E-state index is 0.125. The molecule has 0 bridgehead atoms. The zero-order valence-electron chi connectivity index (χ0n) is 13.0. The molecule has 0 unspecified atom stereocenters. The standard InChI is InChI=1S/C14H28O7/c1-13(9-15)11-18-3-4-19-12-14(2,10-16)21-8-6-17-5-7-20-13/h15-16H,3-12H2,1-2H3/t13-,14-/m0/s1. The summed E-state index contributed by atoms with van der Waals surface area (Å²) < 4.78 is 27.5. The van der Waals surface area contributed by atoms with Gasteiger partial charge in [0.25, 0.3) is 0 Å². The lowest BCUT2D eigenvalue weighted by Gasteiger charge is -2.27. The Bertz CT molecular complexity index is 250. The van der Waals surface area contributed by atoms with Crippen LogP contribution in [0.15, 0.2) is 0 Å². The summed E-state index contributed by atoms with van der Waals surface area (Å²) in [6.07, 6.45) is 0. The molecule has 1 heterocycles. The molecule has 0 aromatic heterocycles. The zero-order chi connectivity index (χ0) is 15.6. The van der Waals surface area contributed by atoms with Gasteiger partial charge >= 0.3 is 0 Å². The van der Waals surface area contributed by atoms with E-state index in [1.807, 2.05) is 0 Å². The van der Waals surface area contributed by atoms with Crippen molar-refractivity contribution in [2.45, 2.75) is 25.0 Å². The monoisotopic (exact) mass is 308 g/mol. The van der Waals surface area contributed by atoms with Crippen LogP contribution in [-0.4, -0.2) is 87.5 Å². The van der Waals surface area contributed by atoms with Gasteiger partial charge in [0.1, 0.15) is 11.2 Å². The largest absolute Gasteiger partial charge is 0.393 e. The van der Waals surface area contributed by atoms with E-state index in [0.29, 0.717) is 39.6 Å². The molecule has 0 saturated carbocycles. The second kappa shape index (κ2) is 9.68. The maximum Gasteiger partial charge on any atom is 0.112 e. The fourth-order valence-corrected chi connectivity index (χ4v) is 1.76. The summed E-state index contributed by atoms with van der Waals surface area (Å²) in [5.41, 5.74) is -1.47. The lowest BCUT2D eigenvalue weighted by atomic mass is 10.1. The molecule has 1 fully saturated rings. The molecule has 1 aliphatic rings. The van der Waals surface area contributed by atoms with Crippen molar-refractivity contribution in [3.8, 4) is 0 Å². The topological polar surface area (TPSA) is 86.6 Å². The highest BCUT2D eigenvalue weighted by atomic mass is 16.6. The van der Waals surface area contributed by atoms with E-state index in [2.05, 4.69) is 0 Å². The third-order valence-electron chi connectivity index (χ3n) is 3.21. The molecule has 7 heteroatoms. The van der Waals surface area contributed by atoms with Crippen molar-refractivity contribution in [2.75, 3.05) is 66.1 Å². The van der Waals surface area contributed by atoms with Crippen LogP contribution in [0.25, 0.3) is 0 Å². The molecule has 1 saturated heterocycles. The molecule has 0 aromatic rings. The van der Waals surface area contributed by atoms with Crippen molar-refractivity contribution in [2.24, 2.45) is 0 Å². The summed E-state index contributed by atoms with van der Waals surface area (Å²) in [6, 6.07) is 0. The quantitative estimate of drug-likeness (QED) is 0.717. The van der Waals surface area contributed by atoms with Crippen molar-refractivity contribution in [1.82, 2.24) is 0 Å². The first kappa shape index (κ1) is 18.8. The van der Waals surface area contributed by atoms with E-state index in [-0.39, 0.29) is 26.4 Å². The molecular formula is C14H28O7. The Morgan fingerprint density at radius 1 is 0.667 bits per heavy atom. The van der Waals surface area contributed by atoms with Gasteiger partial charge in [-0.05, 0) is 13.8 Å². The Morgan fingerprint density at radius 2 is 1.05 bits per heavy atom. The lowest BCUT2D eigenvalue weighted by molar-refractivity contribution is -0.126. The Labute approximate surface area is 126 Å².